The summed E-state index contributed by atoms with van der Waals surface area (Å²) >= 11 is 0. The van der Waals surface area contributed by atoms with Crippen LogP contribution < -0.4 is 5.06 Å². The smallest absolute Gasteiger partial charge is 0.111 e. The van der Waals surface area contributed by atoms with Crippen molar-refractivity contribution >= 4 is 5.70 Å². The van der Waals surface area contributed by atoms with Gasteiger partial charge in [0.05, 0.1) is 5.66 Å². The van der Waals surface area contributed by atoms with E-state index in [1.54, 1.807) is 0 Å². The summed E-state index contributed by atoms with van der Waals surface area (Å²) in [4.78, 5) is 0. The predicted molar refractivity (Wildman–Crippen MR) is 91.5 cm³/mol. The first-order valence-electron chi connectivity index (χ1n) is 8.72. The third-order valence-electron chi connectivity index (χ3n) is 4.53. The van der Waals surface area contributed by atoms with Crippen LogP contribution in [0.1, 0.15) is 70.8 Å². The molecule has 2 rings (SSSR count). The molecule has 0 spiro atoms. The van der Waals surface area contributed by atoms with Gasteiger partial charge < -0.3 is 5.32 Å². The standard InChI is InChI=1S/C19H29N2O/c1-3-4-5-6-7-8-12-15-19(2)20-18(16-21(19)22)17-13-10-9-11-14-17/h9-11,13-14,16,22H,3-8,12,15H2,1-2H3/q-1/p+1. The fourth-order valence-corrected chi connectivity index (χ4v) is 3.01. The van der Waals surface area contributed by atoms with Crippen molar-refractivity contribution in [3.63, 3.8) is 0 Å². The number of hydrogen-bond acceptors (Lipinski definition) is 1. The molecule has 2 N–H and O–H groups in total. The number of quaternary nitrogens is 1. The van der Waals surface area contributed by atoms with Gasteiger partial charge >= 0.3 is 0 Å². The molecule has 3 heteroatoms. The highest BCUT2D eigenvalue weighted by atomic mass is 16.5. The number of benzene rings is 1. The Balaban J connectivity index is 1.75. The highest BCUT2D eigenvalue weighted by Gasteiger charge is 2.30. The topological polar surface area (TPSA) is 38.8 Å². The fraction of sp³-hybridized carbons (Fsp3) is 0.579. The van der Waals surface area contributed by atoms with Crippen LogP contribution in [0, 0.1) is 0 Å². The molecule has 0 aliphatic carbocycles. The van der Waals surface area contributed by atoms with Crippen molar-refractivity contribution < 1.29 is 10.3 Å². The maximum Gasteiger partial charge on any atom is 0.111 e. The lowest BCUT2D eigenvalue weighted by atomic mass is 10.0. The van der Waals surface area contributed by atoms with Crippen molar-refractivity contribution in [2.75, 3.05) is 0 Å². The van der Waals surface area contributed by atoms with Crippen LogP contribution in [-0.2, 0) is 0 Å². The normalized spacial score (nSPS) is 24.1. The van der Waals surface area contributed by atoms with E-state index in [9.17, 15) is 5.21 Å². The summed E-state index contributed by atoms with van der Waals surface area (Å²) < 4.78 is 0. The minimum atomic E-state index is -0.422. The van der Waals surface area contributed by atoms with Gasteiger partial charge in [0.1, 0.15) is 6.20 Å². The van der Waals surface area contributed by atoms with E-state index in [4.69, 9.17) is 5.32 Å². The molecule has 2 unspecified atom stereocenters. The van der Waals surface area contributed by atoms with E-state index in [2.05, 4.69) is 6.92 Å². The van der Waals surface area contributed by atoms with Crippen LogP contribution in [-0.4, -0.2) is 10.9 Å². The predicted octanol–water partition coefficient (Wildman–Crippen LogP) is 4.50. The van der Waals surface area contributed by atoms with Gasteiger partial charge in [-0.3, -0.25) is 0 Å². The molecular formula is C19H30N2O. The van der Waals surface area contributed by atoms with Crippen LogP contribution in [0.15, 0.2) is 36.5 Å². The largest absolute Gasteiger partial charge is 0.624 e. The van der Waals surface area contributed by atoms with Gasteiger partial charge in [-0.05, 0) is 25.3 Å². The molecular weight excluding hydrogens is 272 g/mol. The van der Waals surface area contributed by atoms with E-state index in [1.807, 2.05) is 43.5 Å². The Morgan fingerprint density at radius 1 is 1.00 bits per heavy atom. The molecule has 0 fully saturated rings. The van der Waals surface area contributed by atoms with Gasteiger partial charge in [-0.15, -0.1) is 0 Å². The zero-order valence-electron chi connectivity index (χ0n) is 14.0. The van der Waals surface area contributed by atoms with Crippen LogP contribution in [0.5, 0.6) is 0 Å². The second-order valence-electron chi connectivity index (χ2n) is 6.54. The molecule has 122 valence electrons. The average Bonchev–Trinajstić information content (AvgIpc) is 2.83. The summed E-state index contributed by atoms with van der Waals surface area (Å²) in [5.74, 6) is 0. The van der Waals surface area contributed by atoms with Crippen LogP contribution in [0.2, 0.25) is 0 Å². The molecule has 0 bridgehead atoms. The second-order valence-corrected chi connectivity index (χ2v) is 6.54. The summed E-state index contributed by atoms with van der Waals surface area (Å²) in [6.07, 6.45) is 11.8. The zero-order valence-corrected chi connectivity index (χ0v) is 14.0. The summed E-state index contributed by atoms with van der Waals surface area (Å²) in [6.45, 7) is 4.30. The third kappa shape index (κ3) is 4.59. The number of rotatable bonds is 9. The Hall–Kier alpha value is -1.32. The van der Waals surface area contributed by atoms with Crippen molar-refractivity contribution in [3.8, 4) is 0 Å². The van der Waals surface area contributed by atoms with Crippen molar-refractivity contribution in [2.24, 2.45) is 0 Å². The van der Waals surface area contributed by atoms with E-state index in [1.165, 1.54) is 38.5 Å². The van der Waals surface area contributed by atoms with E-state index in [-0.39, 0.29) is 0 Å². The summed E-state index contributed by atoms with van der Waals surface area (Å²) in [6, 6.07) is 10.1. The maximum absolute atomic E-state index is 10.3. The molecule has 0 aromatic heterocycles. The maximum atomic E-state index is 10.3. The number of hydroxylamine groups is 2. The molecule has 1 aromatic rings. The lowest BCUT2D eigenvalue weighted by Crippen LogP contribution is -3.12. The monoisotopic (exact) mass is 302 g/mol. The van der Waals surface area contributed by atoms with Gasteiger partial charge in [0.25, 0.3) is 0 Å². The first kappa shape index (κ1) is 17.0. The first-order valence-corrected chi connectivity index (χ1v) is 8.72. The highest BCUT2D eigenvalue weighted by molar-refractivity contribution is 5.74. The molecule has 1 heterocycles. The molecule has 1 aromatic carbocycles. The van der Waals surface area contributed by atoms with E-state index >= 15 is 0 Å². The van der Waals surface area contributed by atoms with Gasteiger partial charge in [0, 0.05) is 0 Å². The lowest BCUT2D eigenvalue weighted by molar-refractivity contribution is -1.08. The minimum absolute atomic E-state index is 0.414. The van der Waals surface area contributed by atoms with Crippen LogP contribution in [0.4, 0.5) is 0 Å². The van der Waals surface area contributed by atoms with Crippen molar-refractivity contribution in [1.82, 2.24) is 0 Å². The van der Waals surface area contributed by atoms with Gasteiger partial charge in [0.2, 0.25) is 0 Å². The average molecular weight is 302 g/mol. The number of hydrogen-bond donors (Lipinski definition) is 2. The van der Waals surface area contributed by atoms with E-state index in [0.29, 0.717) is 5.06 Å². The molecule has 3 nitrogen and oxygen atoms in total. The number of nitrogens with one attached hydrogen (secondary N) is 1. The van der Waals surface area contributed by atoms with Crippen molar-refractivity contribution in [1.29, 1.82) is 0 Å². The van der Waals surface area contributed by atoms with Gasteiger partial charge in [-0.2, -0.15) is 5.06 Å². The minimum Gasteiger partial charge on any atom is -0.624 e. The Morgan fingerprint density at radius 2 is 1.64 bits per heavy atom. The lowest BCUT2D eigenvalue weighted by Gasteiger charge is -2.38. The van der Waals surface area contributed by atoms with Crippen LogP contribution in [0.25, 0.3) is 11.0 Å². The van der Waals surface area contributed by atoms with Crippen molar-refractivity contribution in [2.45, 2.75) is 70.9 Å². The molecule has 1 aliphatic rings. The SMILES string of the molecule is CCCCCCCCCC1(C)[N-]C(c2ccccc2)=C[NH+]1O. The molecule has 0 saturated carbocycles. The van der Waals surface area contributed by atoms with E-state index in [0.717, 1.165) is 24.1 Å². The number of unbranched alkanes of at least 4 members (excludes halogenated alkanes) is 6. The Kier molecular flexibility index (Phi) is 6.47. The third-order valence-corrected chi connectivity index (χ3v) is 4.53. The fourth-order valence-electron chi connectivity index (χ4n) is 3.01. The summed E-state index contributed by atoms with van der Waals surface area (Å²) in [5, 5.41) is 15.5. The zero-order chi connectivity index (χ0) is 15.8. The molecule has 0 amide bonds. The molecule has 22 heavy (non-hydrogen) atoms. The number of nitrogens with zero attached hydrogens (tertiary/aromatic N) is 1. The first-order chi connectivity index (χ1) is 10.7. The van der Waals surface area contributed by atoms with Crippen LogP contribution in [0.3, 0.4) is 0 Å². The summed E-state index contributed by atoms with van der Waals surface area (Å²) in [5.41, 5.74) is 1.56. The summed E-state index contributed by atoms with van der Waals surface area (Å²) in [7, 11) is 0. The van der Waals surface area contributed by atoms with E-state index < -0.39 is 5.66 Å². The van der Waals surface area contributed by atoms with Gasteiger partial charge in [-0.25, -0.2) is 5.21 Å². The Morgan fingerprint density at radius 3 is 2.32 bits per heavy atom. The molecule has 1 aliphatic heterocycles. The Bertz CT molecular complexity index is 472. The van der Waals surface area contributed by atoms with Gasteiger partial charge in [-0.1, -0.05) is 81.5 Å². The van der Waals surface area contributed by atoms with Gasteiger partial charge in [0.15, 0.2) is 0 Å². The quantitative estimate of drug-likeness (QED) is 0.648. The van der Waals surface area contributed by atoms with Crippen LogP contribution >= 0.6 is 0 Å². The Labute approximate surface area is 135 Å². The second kappa shape index (κ2) is 8.35. The highest BCUT2D eigenvalue weighted by Crippen LogP contribution is 2.32. The molecule has 0 saturated heterocycles. The van der Waals surface area contributed by atoms with Crippen molar-refractivity contribution in [3.05, 3.63) is 47.4 Å². The molecule has 2 atom stereocenters. The molecule has 0 radical (unpaired) electrons.